The summed E-state index contributed by atoms with van der Waals surface area (Å²) in [5.41, 5.74) is 6.86. The van der Waals surface area contributed by atoms with Crippen molar-refractivity contribution >= 4 is 10.0 Å². The summed E-state index contributed by atoms with van der Waals surface area (Å²) in [5, 5.41) is 4.04. The van der Waals surface area contributed by atoms with Crippen molar-refractivity contribution in [3.05, 3.63) is 24.0 Å². The third kappa shape index (κ3) is 3.53. The van der Waals surface area contributed by atoms with Crippen molar-refractivity contribution in [2.24, 2.45) is 11.1 Å². The molecule has 0 saturated carbocycles. The lowest BCUT2D eigenvalue weighted by Gasteiger charge is -2.31. The molecule has 2 N–H and O–H groups in total. The number of hydrogen-bond acceptors (Lipinski definition) is 4. The van der Waals surface area contributed by atoms with Crippen LogP contribution in [-0.4, -0.2) is 42.1 Å². The molecule has 1 aromatic heterocycles. The Morgan fingerprint density at radius 2 is 2.10 bits per heavy atom. The lowest BCUT2D eigenvalue weighted by atomic mass is 9.83. The van der Waals surface area contributed by atoms with Gasteiger partial charge in [-0.2, -0.15) is 9.40 Å². The van der Waals surface area contributed by atoms with Gasteiger partial charge in [-0.05, 0) is 11.8 Å². The standard InChI is InChI=1S/C14H24N4O2S/c1-14(2,3)12-4-7-18(8-5-12)21(19,20)13-10-16-17(11-13)9-6-15/h4,10-11H,5-9,15H2,1-3H3. The van der Waals surface area contributed by atoms with Gasteiger partial charge in [-0.25, -0.2) is 8.42 Å². The molecule has 2 rings (SSSR count). The van der Waals surface area contributed by atoms with Crippen LogP contribution < -0.4 is 5.73 Å². The number of nitrogens with zero attached hydrogens (tertiary/aromatic N) is 3. The van der Waals surface area contributed by atoms with Gasteiger partial charge in [-0.15, -0.1) is 0 Å². The van der Waals surface area contributed by atoms with Gasteiger partial charge in [0.25, 0.3) is 0 Å². The molecule has 0 atom stereocenters. The fourth-order valence-corrected chi connectivity index (χ4v) is 3.77. The van der Waals surface area contributed by atoms with Gasteiger partial charge in [0.1, 0.15) is 4.90 Å². The fourth-order valence-electron chi connectivity index (χ4n) is 2.43. The van der Waals surface area contributed by atoms with Crippen LogP contribution in [0.25, 0.3) is 0 Å². The lowest BCUT2D eigenvalue weighted by Crippen LogP contribution is -2.36. The van der Waals surface area contributed by atoms with Crippen LogP contribution in [0.5, 0.6) is 0 Å². The summed E-state index contributed by atoms with van der Waals surface area (Å²) < 4.78 is 28.2. The molecule has 21 heavy (non-hydrogen) atoms. The van der Waals surface area contributed by atoms with Crippen LogP contribution in [-0.2, 0) is 16.6 Å². The van der Waals surface area contributed by atoms with Crippen LogP contribution in [0.3, 0.4) is 0 Å². The van der Waals surface area contributed by atoms with Gasteiger partial charge in [0, 0.05) is 25.8 Å². The molecule has 0 unspecified atom stereocenters. The molecule has 1 aromatic rings. The second-order valence-electron chi connectivity index (χ2n) is 6.32. The van der Waals surface area contributed by atoms with E-state index >= 15 is 0 Å². The second-order valence-corrected chi connectivity index (χ2v) is 8.26. The third-order valence-electron chi connectivity index (χ3n) is 3.74. The highest BCUT2D eigenvalue weighted by Gasteiger charge is 2.29. The summed E-state index contributed by atoms with van der Waals surface area (Å²) in [5.74, 6) is 0. The van der Waals surface area contributed by atoms with E-state index in [4.69, 9.17) is 5.73 Å². The number of rotatable bonds is 4. The summed E-state index contributed by atoms with van der Waals surface area (Å²) in [4.78, 5) is 0.239. The van der Waals surface area contributed by atoms with Crippen molar-refractivity contribution in [1.82, 2.24) is 14.1 Å². The molecule has 0 aliphatic carbocycles. The zero-order chi connectivity index (χ0) is 15.7. The zero-order valence-corrected chi connectivity index (χ0v) is 13.7. The third-order valence-corrected chi connectivity index (χ3v) is 5.56. The minimum atomic E-state index is -3.46. The first kappa shape index (κ1) is 16.2. The molecule has 0 radical (unpaired) electrons. The summed E-state index contributed by atoms with van der Waals surface area (Å²) >= 11 is 0. The topological polar surface area (TPSA) is 81.2 Å². The van der Waals surface area contributed by atoms with E-state index in [1.807, 2.05) is 6.08 Å². The molecule has 118 valence electrons. The first-order chi connectivity index (χ1) is 9.75. The molecule has 0 spiro atoms. The molecule has 0 fully saturated rings. The largest absolute Gasteiger partial charge is 0.329 e. The SMILES string of the molecule is CC(C)(C)C1=CCN(S(=O)(=O)c2cnn(CCN)c2)CC1. The zero-order valence-electron chi connectivity index (χ0n) is 12.9. The number of nitrogens with two attached hydrogens (primary N) is 1. The van der Waals surface area contributed by atoms with Crippen LogP contribution in [0.15, 0.2) is 28.9 Å². The average molecular weight is 312 g/mol. The first-order valence-electron chi connectivity index (χ1n) is 7.17. The number of sulfonamides is 1. The van der Waals surface area contributed by atoms with Gasteiger partial charge >= 0.3 is 0 Å². The maximum absolute atomic E-state index is 12.6. The molecule has 0 aromatic carbocycles. The molecule has 2 heterocycles. The summed E-state index contributed by atoms with van der Waals surface area (Å²) in [6, 6.07) is 0. The Hall–Kier alpha value is -1.18. The summed E-state index contributed by atoms with van der Waals surface area (Å²) in [7, 11) is -3.46. The predicted molar refractivity (Wildman–Crippen MR) is 82.2 cm³/mol. The van der Waals surface area contributed by atoms with E-state index in [9.17, 15) is 8.42 Å². The number of aromatic nitrogens is 2. The quantitative estimate of drug-likeness (QED) is 0.847. The minimum Gasteiger partial charge on any atom is -0.329 e. The van der Waals surface area contributed by atoms with Gasteiger partial charge in [0.2, 0.25) is 10.0 Å². The Kier molecular flexibility index (Phi) is 4.55. The molecule has 1 aliphatic rings. The second kappa shape index (κ2) is 5.90. The van der Waals surface area contributed by atoms with Crippen molar-refractivity contribution < 1.29 is 8.42 Å². The molecule has 0 saturated heterocycles. The van der Waals surface area contributed by atoms with Crippen LogP contribution in [0.2, 0.25) is 0 Å². The highest BCUT2D eigenvalue weighted by molar-refractivity contribution is 7.89. The van der Waals surface area contributed by atoms with Gasteiger partial charge in [0.05, 0.1) is 12.7 Å². The van der Waals surface area contributed by atoms with E-state index in [1.165, 1.54) is 16.1 Å². The smallest absolute Gasteiger partial charge is 0.246 e. The molecule has 6 nitrogen and oxygen atoms in total. The van der Waals surface area contributed by atoms with E-state index in [0.717, 1.165) is 6.42 Å². The molecule has 7 heteroatoms. The summed E-state index contributed by atoms with van der Waals surface area (Å²) in [6.07, 6.45) is 5.75. The molecular formula is C14H24N4O2S. The predicted octanol–water partition coefficient (Wildman–Crippen LogP) is 1.21. The number of hydrogen-bond donors (Lipinski definition) is 1. The maximum atomic E-state index is 12.6. The van der Waals surface area contributed by atoms with E-state index in [1.54, 1.807) is 10.9 Å². The van der Waals surface area contributed by atoms with Gasteiger partial charge in [-0.3, -0.25) is 4.68 Å². The summed E-state index contributed by atoms with van der Waals surface area (Å²) in [6.45, 7) is 8.36. The van der Waals surface area contributed by atoms with Crippen molar-refractivity contribution in [1.29, 1.82) is 0 Å². The lowest BCUT2D eigenvalue weighted by molar-refractivity contribution is 0.389. The van der Waals surface area contributed by atoms with Crippen LogP contribution in [0, 0.1) is 5.41 Å². The van der Waals surface area contributed by atoms with E-state index in [-0.39, 0.29) is 10.3 Å². The van der Waals surface area contributed by atoms with Crippen molar-refractivity contribution in [2.45, 2.75) is 38.6 Å². The highest BCUT2D eigenvalue weighted by atomic mass is 32.2. The average Bonchev–Trinajstić information content (AvgIpc) is 2.88. The minimum absolute atomic E-state index is 0.0991. The van der Waals surface area contributed by atoms with Gasteiger partial charge < -0.3 is 5.73 Å². The van der Waals surface area contributed by atoms with Gasteiger partial charge in [0.15, 0.2) is 0 Å². The Bertz CT molecular complexity index is 626. The molecule has 0 amide bonds. The fraction of sp³-hybridized carbons (Fsp3) is 0.643. The normalized spacial score (nSPS) is 17.8. The van der Waals surface area contributed by atoms with E-state index in [0.29, 0.717) is 26.2 Å². The van der Waals surface area contributed by atoms with Crippen molar-refractivity contribution in [3.63, 3.8) is 0 Å². The first-order valence-corrected chi connectivity index (χ1v) is 8.61. The molecule has 0 bridgehead atoms. The maximum Gasteiger partial charge on any atom is 0.246 e. The van der Waals surface area contributed by atoms with E-state index in [2.05, 4.69) is 25.9 Å². The van der Waals surface area contributed by atoms with Crippen molar-refractivity contribution in [2.75, 3.05) is 19.6 Å². The Balaban J connectivity index is 2.16. The Morgan fingerprint density at radius 1 is 1.38 bits per heavy atom. The van der Waals surface area contributed by atoms with Crippen molar-refractivity contribution in [3.8, 4) is 0 Å². The highest BCUT2D eigenvalue weighted by Crippen LogP contribution is 2.31. The molecular weight excluding hydrogens is 288 g/mol. The molecule has 1 aliphatic heterocycles. The van der Waals surface area contributed by atoms with Crippen LogP contribution >= 0.6 is 0 Å². The van der Waals surface area contributed by atoms with Crippen LogP contribution in [0.1, 0.15) is 27.2 Å². The Labute approximate surface area is 126 Å². The van der Waals surface area contributed by atoms with Gasteiger partial charge in [-0.1, -0.05) is 32.4 Å². The van der Waals surface area contributed by atoms with Crippen LogP contribution in [0.4, 0.5) is 0 Å². The Morgan fingerprint density at radius 3 is 2.62 bits per heavy atom. The monoisotopic (exact) mass is 312 g/mol. The van der Waals surface area contributed by atoms with E-state index < -0.39 is 10.0 Å².